The number of aliphatic carboxylic acids is 1. The molecular formula is C11H14F3N3O4. The van der Waals surface area contributed by atoms with E-state index in [-0.39, 0.29) is 18.8 Å². The number of anilines is 1. The van der Waals surface area contributed by atoms with E-state index in [9.17, 15) is 22.8 Å². The van der Waals surface area contributed by atoms with Gasteiger partial charge in [-0.3, -0.25) is 14.5 Å². The standard InChI is InChI=1S/C11H14F3N3O4/c1-7-4-8(16-21-7)15-9(18)2-3-17(5-10(19)20)6-11(12,13)14/h4H,2-3,5-6H2,1H3,(H,19,20)(H,15,16,18). The van der Waals surface area contributed by atoms with Crippen LogP contribution in [0.15, 0.2) is 10.6 Å². The molecular weight excluding hydrogens is 295 g/mol. The summed E-state index contributed by atoms with van der Waals surface area (Å²) in [6, 6.07) is 1.45. The first-order chi connectivity index (χ1) is 9.65. The number of carbonyl (C=O) groups excluding carboxylic acids is 1. The first-order valence-electron chi connectivity index (χ1n) is 5.90. The average Bonchev–Trinajstić information content (AvgIpc) is 2.69. The number of carbonyl (C=O) groups is 2. The Bertz CT molecular complexity index is 501. The minimum atomic E-state index is -4.53. The van der Waals surface area contributed by atoms with E-state index < -0.39 is 31.1 Å². The van der Waals surface area contributed by atoms with Gasteiger partial charge in [0.1, 0.15) is 5.76 Å². The lowest BCUT2D eigenvalue weighted by atomic mass is 10.3. The van der Waals surface area contributed by atoms with Crippen molar-refractivity contribution in [1.82, 2.24) is 10.1 Å². The molecule has 1 amide bonds. The van der Waals surface area contributed by atoms with Crippen molar-refractivity contribution in [2.45, 2.75) is 19.5 Å². The molecule has 0 aliphatic carbocycles. The summed E-state index contributed by atoms with van der Waals surface area (Å²) in [4.78, 5) is 22.7. The van der Waals surface area contributed by atoms with Gasteiger partial charge in [0.2, 0.25) is 5.91 Å². The van der Waals surface area contributed by atoms with E-state index in [0.717, 1.165) is 0 Å². The van der Waals surface area contributed by atoms with Crippen molar-refractivity contribution >= 4 is 17.7 Å². The second-order valence-corrected chi connectivity index (χ2v) is 4.34. The van der Waals surface area contributed by atoms with Gasteiger partial charge < -0.3 is 14.9 Å². The maximum Gasteiger partial charge on any atom is 0.401 e. The fourth-order valence-electron chi connectivity index (χ4n) is 1.55. The van der Waals surface area contributed by atoms with Crippen LogP contribution in [0.4, 0.5) is 19.0 Å². The molecule has 0 atom stereocenters. The fraction of sp³-hybridized carbons (Fsp3) is 0.545. The first-order valence-corrected chi connectivity index (χ1v) is 5.90. The van der Waals surface area contributed by atoms with E-state index in [1.54, 1.807) is 6.92 Å². The summed E-state index contributed by atoms with van der Waals surface area (Å²) in [6.07, 6.45) is -4.83. The molecule has 0 fully saturated rings. The van der Waals surface area contributed by atoms with Crippen molar-refractivity contribution in [3.8, 4) is 0 Å². The largest absolute Gasteiger partial charge is 0.480 e. The summed E-state index contributed by atoms with van der Waals surface area (Å²) >= 11 is 0. The molecule has 0 aromatic carbocycles. The van der Waals surface area contributed by atoms with Crippen LogP contribution in [0.1, 0.15) is 12.2 Å². The van der Waals surface area contributed by atoms with Crippen molar-refractivity contribution < 1.29 is 32.4 Å². The van der Waals surface area contributed by atoms with Gasteiger partial charge in [-0.15, -0.1) is 0 Å². The molecule has 2 N–H and O–H groups in total. The number of halogens is 3. The second kappa shape index (κ2) is 7.07. The van der Waals surface area contributed by atoms with E-state index in [1.165, 1.54) is 6.07 Å². The highest BCUT2D eigenvalue weighted by molar-refractivity contribution is 5.89. The maximum absolute atomic E-state index is 12.3. The SMILES string of the molecule is Cc1cc(NC(=O)CCN(CC(=O)O)CC(F)(F)F)no1. The van der Waals surface area contributed by atoms with E-state index in [4.69, 9.17) is 9.63 Å². The molecule has 10 heteroatoms. The van der Waals surface area contributed by atoms with E-state index in [2.05, 4.69) is 10.5 Å². The zero-order valence-electron chi connectivity index (χ0n) is 11.1. The van der Waals surface area contributed by atoms with Crippen LogP contribution in [0, 0.1) is 6.92 Å². The Morgan fingerprint density at radius 3 is 2.62 bits per heavy atom. The third-order valence-corrected chi connectivity index (χ3v) is 2.31. The summed E-state index contributed by atoms with van der Waals surface area (Å²) in [6.45, 7) is -0.916. The fourth-order valence-corrected chi connectivity index (χ4v) is 1.55. The number of amides is 1. The lowest BCUT2D eigenvalue weighted by molar-refractivity contribution is -0.154. The molecule has 0 saturated heterocycles. The zero-order chi connectivity index (χ0) is 16.0. The highest BCUT2D eigenvalue weighted by Crippen LogP contribution is 2.16. The molecule has 0 unspecified atom stereocenters. The molecule has 7 nitrogen and oxygen atoms in total. The van der Waals surface area contributed by atoms with E-state index in [1.807, 2.05) is 0 Å². The van der Waals surface area contributed by atoms with Crippen molar-refractivity contribution in [3.63, 3.8) is 0 Å². The number of alkyl halides is 3. The Morgan fingerprint density at radius 2 is 2.14 bits per heavy atom. The number of hydrogen-bond acceptors (Lipinski definition) is 5. The quantitative estimate of drug-likeness (QED) is 0.787. The van der Waals surface area contributed by atoms with Crippen LogP contribution in [0.2, 0.25) is 0 Å². The van der Waals surface area contributed by atoms with Crippen molar-refractivity contribution in [3.05, 3.63) is 11.8 Å². The molecule has 0 spiro atoms. The van der Waals surface area contributed by atoms with Crippen LogP contribution in [-0.4, -0.2) is 52.9 Å². The van der Waals surface area contributed by atoms with Gasteiger partial charge in [-0.05, 0) is 6.92 Å². The lowest BCUT2D eigenvalue weighted by Gasteiger charge is -2.21. The normalized spacial score (nSPS) is 11.7. The average molecular weight is 309 g/mol. The summed E-state index contributed by atoms with van der Waals surface area (Å²) < 4.78 is 41.5. The Hall–Kier alpha value is -2.10. The molecule has 0 aliphatic rings. The molecule has 21 heavy (non-hydrogen) atoms. The number of nitrogens with zero attached hydrogens (tertiary/aromatic N) is 2. The van der Waals surface area contributed by atoms with Crippen LogP contribution in [-0.2, 0) is 9.59 Å². The van der Waals surface area contributed by atoms with Crippen LogP contribution in [0.25, 0.3) is 0 Å². The molecule has 0 aliphatic heterocycles. The summed E-state index contributed by atoms with van der Waals surface area (Å²) in [5.74, 6) is -1.36. The van der Waals surface area contributed by atoms with Crippen molar-refractivity contribution in [1.29, 1.82) is 0 Å². The Kier molecular flexibility index (Phi) is 5.70. The smallest absolute Gasteiger partial charge is 0.401 e. The minimum absolute atomic E-state index is 0.151. The van der Waals surface area contributed by atoms with Crippen LogP contribution in [0.3, 0.4) is 0 Å². The summed E-state index contributed by atoms with van der Waals surface area (Å²) in [5.41, 5.74) is 0. The summed E-state index contributed by atoms with van der Waals surface area (Å²) in [5, 5.41) is 14.4. The number of rotatable bonds is 7. The zero-order valence-corrected chi connectivity index (χ0v) is 11.1. The molecule has 1 aromatic heterocycles. The van der Waals surface area contributed by atoms with Crippen molar-refractivity contribution in [2.24, 2.45) is 0 Å². The third-order valence-electron chi connectivity index (χ3n) is 2.31. The predicted molar refractivity (Wildman–Crippen MR) is 64.6 cm³/mol. The Labute approximate surface area is 117 Å². The minimum Gasteiger partial charge on any atom is -0.480 e. The predicted octanol–water partition coefficient (Wildman–Crippen LogP) is 1.26. The van der Waals surface area contributed by atoms with Crippen LogP contribution in [0.5, 0.6) is 0 Å². The van der Waals surface area contributed by atoms with Gasteiger partial charge >= 0.3 is 12.1 Å². The molecule has 0 saturated carbocycles. The van der Waals surface area contributed by atoms with Crippen LogP contribution >= 0.6 is 0 Å². The number of aryl methyl sites for hydroxylation is 1. The number of nitrogens with one attached hydrogen (secondary N) is 1. The lowest BCUT2D eigenvalue weighted by Crippen LogP contribution is -2.39. The number of aromatic nitrogens is 1. The molecule has 1 aromatic rings. The topological polar surface area (TPSA) is 95.7 Å². The number of hydrogen-bond donors (Lipinski definition) is 2. The highest BCUT2D eigenvalue weighted by Gasteiger charge is 2.31. The van der Waals surface area contributed by atoms with Crippen LogP contribution < -0.4 is 5.32 Å². The highest BCUT2D eigenvalue weighted by atomic mass is 19.4. The maximum atomic E-state index is 12.3. The molecule has 1 rings (SSSR count). The first kappa shape index (κ1) is 17.0. The van der Waals surface area contributed by atoms with E-state index in [0.29, 0.717) is 10.7 Å². The van der Waals surface area contributed by atoms with Gasteiger partial charge in [-0.2, -0.15) is 13.2 Å². The van der Waals surface area contributed by atoms with E-state index >= 15 is 0 Å². The van der Waals surface area contributed by atoms with Gasteiger partial charge in [0.05, 0.1) is 13.1 Å². The molecule has 1 heterocycles. The molecule has 0 bridgehead atoms. The molecule has 118 valence electrons. The van der Waals surface area contributed by atoms with Crippen molar-refractivity contribution in [2.75, 3.05) is 25.0 Å². The monoisotopic (exact) mass is 309 g/mol. The molecule has 0 radical (unpaired) electrons. The van der Waals surface area contributed by atoms with Gasteiger partial charge in [0.25, 0.3) is 0 Å². The summed E-state index contributed by atoms with van der Waals surface area (Å²) in [7, 11) is 0. The number of carboxylic acids is 1. The number of carboxylic acid groups (broad SMARTS) is 1. The van der Waals surface area contributed by atoms with Gasteiger partial charge in [0.15, 0.2) is 5.82 Å². The Balaban J connectivity index is 2.47. The van der Waals surface area contributed by atoms with Gasteiger partial charge in [-0.1, -0.05) is 5.16 Å². The second-order valence-electron chi connectivity index (χ2n) is 4.34. The third kappa shape index (κ3) is 7.30. The van der Waals surface area contributed by atoms with Gasteiger partial charge in [-0.25, -0.2) is 0 Å². The van der Waals surface area contributed by atoms with Gasteiger partial charge in [0, 0.05) is 19.0 Å². The Morgan fingerprint density at radius 1 is 1.48 bits per heavy atom.